The monoisotopic (exact) mass is 343 g/mol. The van der Waals surface area contributed by atoms with Gasteiger partial charge in [0.05, 0.1) is 5.69 Å². The fourth-order valence-corrected chi connectivity index (χ4v) is 3.12. The van der Waals surface area contributed by atoms with E-state index in [-0.39, 0.29) is 0 Å². The fourth-order valence-electron chi connectivity index (χ4n) is 1.79. The Morgan fingerprint density at radius 3 is 2.13 bits per heavy atom. The van der Waals surface area contributed by atoms with Crippen molar-refractivity contribution >= 4 is 39.5 Å². The Morgan fingerprint density at radius 1 is 0.957 bits per heavy atom. The van der Waals surface area contributed by atoms with Crippen LogP contribution in [0.5, 0.6) is 0 Å². The van der Waals surface area contributed by atoms with Gasteiger partial charge in [-0.15, -0.1) is 0 Å². The minimum absolute atomic E-state index is 0.764. The first-order chi connectivity index (χ1) is 11.2. The quantitative estimate of drug-likeness (QED) is 0.587. The van der Waals surface area contributed by atoms with Crippen molar-refractivity contribution in [2.24, 2.45) is 9.98 Å². The Kier molecular flexibility index (Phi) is 7.23. The Balaban J connectivity index is 2.14. The summed E-state index contributed by atoms with van der Waals surface area (Å²) in [4.78, 5) is 11.4. The molecule has 0 fully saturated rings. The maximum Gasteiger partial charge on any atom is 0.190 e. The maximum atomic E-state index is 4.72. The van der Waals surface area contributed by atoms with E-state index in [1.54, 1.807) is 23.5 Å². The van der Waals surface area contributed by atoms with E-state index in [0.29, 0.717) is 0 Å². The summed E-state index contributed by atoms with van der Waals surface area (Å²) in [7, 11) is 4.02. The van der Waals surface area contributed by atoms with Gasteiger partial charge in [0.15, 0.2) is 10.3 Å². The number of thioether (sulfide) groups is 2. The minimum Gasteiger partial charge on any atom is -0.357 e. The van der Waals surface area contributed by atoms with Gasteiger partial charge in [-0.3, -0.25) is 0 Å². The molecule has 2 rings (SSSR count). The number of hydrogen-bond donors (Lipinski definition) is 0. The highest BCUT2D eigenvalue weighted by Crippen LogP contribution is 2.19. The largest absolute Gasteiger partial charge is 0.357 e. The number of nitrogens with zero attached hydrogens (tertiary/aromatic N) is 3. The normalized spacial score (nSPS) is 12.3. The molecule has 0 saturated carbocycles. The molecule has 2 aromatic carbocycles. The maximum absolute atomic E-state index is 4.72. The molecule has 120 valence electrons. The third kappa shape index (κ3) is 6.12. The zero-order valence-electron chi connectivity index (χ0n) is 13.6. The molecule has 0 radical (unpaired) electrons. The number of amidine groups is 2. The van der Waals surface area contributed by atoms with Gasteiger partial charge in [0, 0.05) is 19.8 Å². The lowest BCUT2D eigenvalue weighted by atomic mass is 10.2. The van der Waals surface area contributed by atoms with E-state index in [4.69, 9.17) is 4.99 Å². The predicted molar refractivity (Wildman–Crippen MR) is 106 cm³/mol. The molecule has 23 heavy (non-hydrogen) atoms. The lowest BCUT2D eigenvalue weighted by molar-refractivity contribution is 0.637. The van der Waals surface area contributed by atoms with Crippen LogP contribution < -0.4 is 0 Å². The average molecular weight is 344 g/mol. The van der Waals surface area contributed by atoms with Crippen molar-refractivity contribution < 1.29 is 0 Å². The Hall–Kier alpha value is -1.72. The molecule has 0 aliphatic rings. The van der Waals surface area contributed by atoms with Gasteiger partial charge < -0.3 is 4.90 Å². The van der Waals surface area contributed by atoms with E-state index >= 15 is 0 Å². The molecule has 3 nitrogen and oxygen atoms in total. The fraction of sp³-hybridized carbons (Fsp3) is 0.222. The number of rotatable bonds is 3. The molecule has 0 heterocycles. The van der Waals surface area contributed by atoms with E-state index in [0.717, 1.165) is 21.8 Å². The molecule has 0 aromatic heterocycles. The van der Waals surface area contributed by atoms with E-state index in [9.17, 15) is 0 Å². The molecule has 0 amide bonds. The number of aliphatic imine (C=N–C) groups is 2. The summed E-state index contributed by atoms with van der Waals surface area (Å²) < 4.78 is 0. The molecule has 0 unspecified atom stereocenters. The van der Waals surface area contributed by atoms with Gasteiger partial charge in [-0.1, -0.05) is 72.1 Å². The number of hydrogen-bond acceptors (Lipinski definition) is 3. The summed E-state index contributed by atoms with van der Waals surface area (Å²) in [5.74, 6) is 0.894. The van der Waals surface area contributed by atoms with Crippen molar-refractivity contribution in [3.05, 3.63) is 66.2 Å². The number of para-hydroxylation sites is 1. The second-order valence-electron chi connectivity index (χ2n) is 5.00. The standard InChI is InChI=1S/C18H21N3S2/c1-21(2)18(23-14-15-10-6-4-7-11-15)20-17(22-3)19-16-12-8-5-9-13-16/h4-13H,14H2,1-3H3. The topological polar surface area (TPSA) is 28.0 Å². The van der Waals surface area contributed by atoms with Crippen molar-refractivity contribution in [3.8, 4) is 0 Å². The summed E-state index contributed by atoms with van der Waals surface area (Å²) >= 11 is 3.27. The van der Waals surface area contributed by atoms with Gasteiger partial charge in [0.2, 0.25) is 0 Å². The van der Waals surface area contributed by atoms with Crippen molar-refractivity contribution in [2.45, 2.75) is 5.75 Å². The summed E-state index contributed by atoms with van der Waals surface area (Å²) in [5, 5.41) is 1.72. The van der Waals surface area contributed by atoms with Crippen molar-refractivity contribution in [1.29, 1.82) is 0 Å². The lowest BCUT2D eigenvalue weighted by Crippen LogP contribution is -2.20. The molecule has 0 aliphatic heterocycles. The highest BCUT2D eigenvalue weighted by atomic mass is 32.2. The second-order valence-corrected chi connectivity index (χ2v) is 6.71. The first-order valence-electron chi connectivity index (χ1n) is 7.29. The van der Waals surface area contributed by atoms with Gasteiger partial charge in [-0.05, 0) is 24.0 Å². The van der Waals surface area contributed by atoms with Crippen LogP contribution in [0.2, 0.25) is 0 Å². The molecule has 0 N–H and O–H groups in total. The zero-order chi connectivity index (χ0) is 16.5. The smallest absolute Gasteiger partial charge is 0.190 e. The number of benzene rings is 2. The van der Waals surface area contributed by atoms with Crippen molar-refractivity contribution in [2.75, 3.05) is 20.4 Å². The SMILES string of the molecule is CSC(=Nc1ccccc1)N=C(SCc1ccccc1)N(C)C. The van der Waals surface area contributed by atoms with Gasteiger partial charge in [0.1, 0.15) is 0 Å². The molecule has 0 bridgehead atoms. The molecule has 0 saturated heterocycles. The molecule has 5 heteroatoms. The van der Waals surface area contributed by atoms with Crippen LogP contribution in [0.4, 0.5) is 5.69 Å². The van der Waals surface area contributed by atoms with Crippen LogP contribution in [0.1, 0.15) is 5.56 Å². The first kappa shape index (κ1) is 17.6. The summed E-state index contributed by atoms with van der Waals surface area (Å²) in [5.41, 5.74) is 2.21. The average Bonchev–Trinajstić information content (AvgIpc) is 2.59. The zero-order valence-corrected chi connectivity index (χ0v) is 15.3. The second kappa shape index (κ2) is 9.43. The van der Waals surface area contributed by atoms with Crippen LogP contribution in [0.25, 0.3) is 0 Å². The molecule has 0 atom stereocenters. The third-order valence-electron chi connectivity index (χ3n) is 2.95. The Morgan fingerprint density at radius 2 is 1.57 bits per heavy atom. The molecule has 0 aliphatic carbocycles. The molecule has 2 aromatic rings. The third-order valence-corrected chi connectivity index (χ3v) is 4.69. The molecular formula is C18H21N3S2. The first-order valence-corrected chi connectivity index (χ1v) is 9.50. The van der Waals surface area contributed by atoms with Gasteiger partial charge in [-0.25, -0.2) is 4.99 Å². The van der Waals surface area contributed by atoms with Crippen LogP contribution in [-0.4, -0.2) is 35.6 Å². The lowest BCUT2D eigenvalue weighted by Gasteiger charge is -2.15. The predicted octanol–water partition coefficient (Wildman–Crippen LogP) is 4.89. The van der Waals surface area contributed by atoms with Crippen LogP contribution in [0.3, 0.4) is 0 Å². The van der Waals surface area contributed by atoms with Crippen LogP contribution >= 0.6 is 23.5 Å². The van der Waals surface area contributed by atoms with E-state index in [1.807, 2.05) is 61.6 Å². The van der Waals surface area contributed by atoms with Gasteiger partial charge in [0.25, 0.3) is 0 Å². The Bertz CT molecular complexity index is 652. The summed E-state index contributed by atoms with van der Waals surface area (Å²) in [6.07, 6.45) is 2.00. The molecule has 0 spiro atoms. The van der Waals surface area contributed by atoms with Gasteiger partial charge >= 0.3 is 0 Å². The van der Waals surface area contributed by atoms with Crippen molar-refractivity contribution in [3.63, 3.8) is 0 Å². The van der Waals surface area contributed by atoms with E-state index in [1.165, 1.54) is 5.56 Å². The van der Waals surface area contributed by atoms with Crippen LogP contribution in [0, 0.1) is 0 Å². The van der Waals surface area contributed by atoms with Crippen molar-refractivity contribution in [1.82, 2.24) is 4.90 Å². The summed E-state index contributed by atoms with van der Waals surface area (Å²) in [6.45, 7) is 0. The van der Waals surface area contributed by atoms with E-state index in [2.05, 4.69) is 29.3 Å². The Labute approximate surface area is 146 Å². The van der Waals surface area contributed by atoms with Gasteiger partial charge in [-0.2, -0.15) is 4.99 Å². The van der Waals surface area contributed by atoms with Crippen LogP contribution in [0.15, 0.2) is 70.6 Å². The minimum atomic E-state index is 0.764. The van der Waals surface area contributed by atoms with Crippen LogP contribution in [-0.2, 0) is 5.75 Å². The summed E-state index contributed by atoms with van der Waals surface area (Å²) in [6, 6.07) is 20.3. The molecular weight excluding hydrogens is 322 g/mol. The highest BCUT2D eigenvalue weighted by Gasteiger charge is 2.06. The highest BCUT2D eigenvalue weighted by molar-refractivity contribution is 8.14. The van der Waals surface area contributed by atoms with E-state index < -0.39 is 0 Å².